The van der Waals surface area contributed by atoms with Gasteiger partial charge in [0.15, 0.2) is 11.6 Å². The summed E-state index contributed by atoms with van der Waals surface area (Å²) in [6, 6.07) is 5.74. The van der Waals surface area contributed by atoms with Crippen molar-refractivity contribution in [2.24, 2.45) is 0 Å². The number of hydrogen-bond donors (Lipinski definition) is 0. The minimum Gasteiger partial charge on any atom is -0.269 e. The van der Waals surface area contributed by atoms with E-state index in [1.165, 1.54) is 37.6 Å². The largest absolute Gasteiger partial charge is 0.269 e. The predicted molar refractivity (Wildman–Crippen MR) is 66.2 cm³/mol. The fourth-order valence-corrected chi connectivity index (χ4v) is 2.63. The van der Waals surface area contributed by atoms with Crippen LogP contribution in [0.3, 0.4) is 0 Å². The van der Waals surface area contributed by atoms with Crippen molar-refractivity contribution in [3.05, 3.63) is 54.4 Å². The average Bonchev–Trinajstić information content (AvgIpc) is 2.42. The minimum atomic E-state index is -3.84. The fourth-order valence-electron chi connectivity index (χ4n) is 1.48. The van der Waals surface area contributed by atoms with E-state index in [9.17, 15) is 17.2 Å². The summed E-state index contributed by atoms with van der Waals surface area (Å²) in [4.78, 5) is 3.69. The summed E-state index contributed by atoms with van der Waals surface area (Å²) in [5, 5.41) is 0. The molecule has 1 aromatic carbocycles. The van der Waals surface area contributed by atoms with E-state index in [2.05, 4.69) is 4.98 Å². The Morgan fingerprint density at radius 1 is 1.16 bits per heavy atom. The quantitative estimate of drug-likeness (QED) is 0.868. The maximum Gasteiger partial charge on any atom is 0.265 e. The monoisotopic (exact) mass is 284 g/mol. The van der Waals surface area contributed by atoms with E-state index < -0.39 is 21.7 Å². The number of anilines is 1. The Bertz CT molecular complexity index is 690. The van der Waals surface area contributed by atoms with Crippen molar-refractivity contribution in [1.29, 1.82) is 0 Å². The second kappa shape index (κ2) is 4.93. The topological polar surface area (TPSA) is 50.3 Å². The van der Waals surface area contributed by atoms with Crippen LogP contribution in [0.25, 0.3) is 0 Å². The van der Waals surface area contributed by atoms with Gasteiger partial charge in [-0.15, -0.1) is 0 Å². The molecular weight excluding hydrogens is 274 g/mol. The van der Waals surface area contributed by atoms with Crippen LogP contribution in [0.15, 0.2) is 47.6 Å². The van der Waals surface area contributed by atoms with Crippen molar-refractivity contribution < 1.29 is 17.2 Å². The molecule has 0 radical (unpaired) electrons. The lowest BCUT2D eigenvalue weighted by Gasteiger charge is -2.19. The molecular formula is C12H10F2N2O2S. The number of sulfonamides is 1. The van der Waals surface area contributed by atoms with Gasteiger partial charge in [0.2, 0.25) is 0 Å². The number of hydrogen-bond acceptors (Lipinski definition) is 3. The summed E-state index contributed by atoms with van der Waals surface area (Å²) in [5.74, 6) is -2.14. The molecule has 1 aromatic heterocycles. The molecule has 0 amide bonds. The van der Waals surface area contributed by atoms with Gasteiger partial charge in [-0.2, -0.15) is 0 Å². The van der Waals surface area contributed by atoms with Gasteiger partial charge in [0, 0.05) is 25.5 Å². The molecule has 0 aliphatic carbocycles. The lowest BCUT2D eigenvalue weighted by Crippen LogP contribution is -2.26. The van der Waals surface area contributed by atoms with Gasteiger partial charge in [-0.3, -0.25) is 9.29 Å². The molecule has 0 spiro atoms. The van der Waals surface area contributed by atoms with Crippen LogP contribution in [0.1, 0.15) is 0 Å². The third kappa shape index (κ3) is 2.55. The molecule has 100 valence electrons. The average molecular weight is 284 g/mol. The van der Waals surface area contributed by atoms with Gasteiger partial charge in [0.25, 0.3) is 10.0 Å². The Labute approximate surface area is 109 Å². The zero-order valence-corrected chi connectivity index (χ0v) is 10.7. The van der Waals surface area contributed by atoms with E-state index in [0.717, 1.165) is 16.4 Å². The van der Waals surface area contributed by atoms with Crippen molar-refractivity contribution in [2.75, 3.05) is 11.4 Å². The van der Waals surface area contributed by atoms with Crippen molar-refractivity contribution in [1.82, 2.24) is 4.98 Å². The molecule has 2 aromatic rings. The molecule has 0 fully saturated rings. The Kier molecular flexibility index (Phi) is 3.48. The van der Waals surface area contributed by atoms with E-state index >= 15 is 0 Å². The molecule has 0 unspecified atom stereocenters. The first-order valence-corrected chi connectivity index (χ1v) is 6.71. The predicted octanol–water partition coefficient (Wildman–Crippen LogP) is 2.18. The Hall–Kier alpha value is -2.02. The molecule has 0 atom stereocenters. The summed E-state index contributed by atoms with van der Waals surface area (Å²) in [7, 11) is -2.58. The zero-order valence-electron chi connectivity index (χ0n) is 9.92. The first-order chi connectivity index (χ1) is 8.93. The van der Waals surface area contributed by atoms with Gasteiger partial charge in [0.05, 0.1) is 5.69 Å². The maximum atomic E-state index is 13.1. The highest BCUT2D eigenvalue weighted by Gasteiger charge is 2.22. The second-order valence-corrected chi connectivity index (χ2v) is 5.73. The standard InChI is InChI=1S/C12H10F2N2O2S/c1-16(9-4-5-11(13)12(14)7-9)19(17,18)10-3-2-6-15-8-10/h2-8H,1H3. The molecule has 19 heavy (non-hydrogen) atoms. The third-order valence-corrected chi connectivity index (χ3v) is 4.33. The molecule has 0 bridgehead atoms. The van der Waals surface area contributed by atoms with E-state index in [1.807, 2.05) is 0 Å². The van der Waals surface area contributed by atoms with Gasteiger partial charge in [0.1, 0.15) is 4.90 Å². The normalized spacial score (nSPS) is 11.3. The lowest BCUT2D eigenvalue weighted by molar-refractivity contribution is 0.509. The van der Waals surface area contributed by atoms with Gasteiger partial charge in [-0.25, -0.2) is 17.2 Å². The maximum absolute atomic E-state index is 13.1. The zero-order chi connectivity index (χ0) is 14.0. The van der Waals surface area contributed by atoms with Gasteiger partial charge >= 0.3 is 0 Å². The summed E-state index contributed by atoms with van der Waals surface area (Å²) in [6.07, 6.45) is 2.63. The Morgan fingerprint density at radius 3 is 2.47 bits per heavy atom. The van der Waals surface area contributed by atoms with Crippen molar-refractivity contribution in [3.63, 3.8) is 0 Å². The van der Waals surface area contributed by atoms with E-state index in [0.29, 0.717) is 0 Å². The van der Waals surface area contributed by atoms with Crippen LogP contribution in [-0.2, 0) is 10.0 Å². The van der Waals surface area contributed by atoms with E-state index in [-0.39, 0.29) is 10.6 Å². The summed E-state index contributed by atoms with van der Waals surface area (Å²) in [5.41, 5.74) is 0.0303. The number of nitrogens with zero attached hydrogens (tertiary/aromatic N) is 2. The molecule has 0 aliphatic rings. The summed E-state index contributed by atoms with van der Waals surface area (Å²) < 4.78 is 51.2. The summed E-state index contributed by atoms with van der Waals surface area (Å²) >= 11 is 0. The highest BCUT2D eigenvalue weighted by atomic mass is 32.2. The number of rotatable bonds is 3. The van der Waals surface area contributed by atoms with Crippen LogP contribution >= 0.6 is 0 Å². The van der Waals surface area contributed by atoms with Gasteiger partial charge in [-0.1, -0.05) is 0 Å². The van der Waals surface area contributed by atoms with Crippen LogP contribution in [0, 0.1) is 11.6 Å². The van der Waals surface area contributed by atoms with Crippen LogP contribution < -0.4 is 4.31 Å². The van der Waals surface area contributed by atoms with Crippen molar-refractivity contribution in [3.8, 4) is 0 Å². The first kappa shape index (κ1) is 13.4. The van der Waals surface area contributed by atoms with Crippen LogP contribution in [-0.4, -0.2) is 20.4 Å². The van der Waals surface area contributed by atoms with E-state index in [4.69, 9.17) is 0 Å². The highest BCUT2D eigenvalue weighted by Crippen LogP contribution is 2.22. The Morgan fingerprint density at radius 2 is 1.89 bits per heavy atom. The number of benzene rings is 1. The van der Waals surface area contributed by atoms with Crippen molar-refractivity contribution in [2.45, 2.75) is 4.90 Å². The van der Waals surface area contributed by atoms with E-state index in [1.54, 1.807) is 0 Å². The SMILES string of the molecule is CN(c1ccc(F)c(F)c1)S(=O)(=O)c1cccnc1. The lowest BCUT2D eigenvalue weighted by atomic mass is 10.3. The van der Waals surface area contributed by atoms with Gasteiger partial charge in [-0.05, 0) is 24.3 Å². The molecule has 0 N–H and O–H groups in total. The molecule has 1 heterocycles. The van der Waals surface area contributed by atoms with Crippen LogP contribution in [0.4, 0.5) is 14.5 Å². The van der Waals surface area contributed by atoms with Crippen molar-refractivity contribution >= 4 is 15.7 Å². The molecule has 4 nitrogen and oxygen atoms in total. The number of pyridine rings is 1. The highest BCUT2D eigenvalue weighted by molar-refractivity contribution is 7.92. The molecule has 2 rings (SSSR count). The smallest absolute Gasteiger partial charge is 0.265 e. The molecule has 0 aliphatic heterocycles. The van der Waals surface area contributed by atoms with Crippen LogP contribution in [0.5, 0.6) is 0 Å². The number of halogens is 2. The molecule has 0 saturated carbocycles. The number of aromatic nitrogens is 1. The molecule has 0 saturated heterocycles. The first-order valence-electron chi connectivity index (χ1n) is 5.27. The van der Waals surface area contributed by atoms with Gasteiger partial charge < -0.3 is 0 Å². The fraction of sp³-hybridized carbons (Fsp3) is 0.0833. The molecule has 7 heteroatoms. The second-order valence-electron chi connectivity index (χ2n) is 3.76. The summed E-state index contributed by atoms with van der Waals surface area (Å²) in [6.45, 7) is 0. The third-order valence-electron chi connectivity index (χ3n) is 2.56. The van der Waals surface area contributed by atoms with Crippen LogP contribution in [0.2, 0.25) is 0 Å². The minimum absolute atomic E-state index is 0.0257. The Balaban J connectivity index is 2.44.